The maximum atomic E-state index is 13.8. The first-order valence-electron chi connectivity index (χ1n) is 5.81. The van der Waals surface area contributed by atoms with Crippen LogP contribution in [0.5, 0.6) is 0 Å². The summed E-state index contributed by atoms with van der Waals surface area (Å²) in [5.41, 5.74) is 1.18. The number of anilines is 2. The van der Waals surface area contributed by atoms with E-state index in [1.54, 1.807) is 19.9 Å². The van der Waals surface area contributed by atoms with Crippen LogP contribution in [-0.4, -0.2) is 16.1 Å². The molecule has 0 aliphatic rings. The van der Waals surface area contributed by atoms with Gasteiger partial charge >= 0.3 is 5.97 Å². The van der Waals surface area contributed by atoms with E-state index in [1.807, 2.05) is 0 Å². The van der Waals surface area contributed by atoms with Gasteiger partial charge in [-0.05, 0) is 37.6 Å². The Morgan fingerprint density at radius 1 is 1.30 bits per heavy atom. The number of aromatic carboxylic acids is 1. The van der Waals surface area contributed by atoms with Crippen LogP contribution < -0.4 is 5.32 Å². The molecule has 0 radical (unpaired) electrons. The van der Waals surface area contributed by atoms with Crippen LogP contribution >= 0.6 is 0 Å². The summed E-state index contributed by atoms with van der Waals surface area (Å²) >= 11 is 0. The number of aryl methyl sites for hydroxylation is 2. The second-order valence-corrected chi connectivity index (χ2v) is 4.35. The van der Waals surface area contributed by atoms with Crippen LogP contribution in [0.2, 0.25) is 0 Å². The molecule has 0 unspecified atom stereocenters. The molecule has 1 heterocycles. The number of rotatable bonds is 3. The average Bonchev–Trinajstić information content (AvgIpc) is 2.37. The molecule has 0 aliphatic carbocycles. The van der Waals surface area contributed by atoms with E-state index in [9.17, 15) is 13.6 Å². The van der Waals surface area contributed by atoms with Crippen molar-refractivity contribution >= 4 is 17.3 Å². The second-order valence-electron chi connectivity index (χ2n) is 4.35. The number of aromatic nitrogens is 1. The lowest BCUT2D eigenvalue weighted by atomic mass is 10.1. The molecule has 1 aromatic heterocycles. The van der Waals surface area contributed by atoms with Crippen LogP contribution in [0, 0.1) is 25.5 Å². The van der Waals surface area contributed by atoms with Gasteiger partial charge in [-0.2, -0.15) is 0 Å². The first kappa shape index (κ1) is 13.9. The van der Waals surface area contributed by atoms with Gasteiger partial charge in [-0.3, -0.25) is 4.98 Å². The molecule has 0 amide bonds. The molecule has 0 spiro atoms. The van der Waals surface area contributed by atoms with Crippen molar-refractivity contribution in [2.45, 2.75) is 13.8 Å². The summed E-state index contributed by atoms with van der Waals surface area (Å²) in [5, 5.41) is 11.6. The Kier molecular flexibility index (Phi) is 3.65. The Morgan fingerprint density at radius 2 is 2.00 bits per heavy atom. The van der Waals surface area contributed by atoms with E-state index in [4.69, 9.17) is 5.11 Å². The van der Waals surface area contributed by atoms with Gasteiger partial charge in [0.1, 0.15) is 0 Å². The van der Waals surface area contributed by atoms with Crippen LogP contribution in [0.3, 0.4) is 0 Å². The van der Waals surface area contributed by atoms with Gasteiger partial charge < -0.3 is 10.4 Å². The summed E-state index contributed by atoms with van der Waals surface area (Å²) in [7, 11) is 0. The minimum absolute atomic E-state index is 0.344. The Bertz CT molecular complexity index is 687. The van der Waals surface area contributed by atoms with Crippen molar-refractivity contribution in [3.63, 3.8) is 0 Å². The SMILES string of the molecule is Cc1cc(C)c(Nc2c(C(=O)O)ccc(F)c2F)cn1. The molecule has 104 valence electrons. The average molecular weight is 278 g/mol. The molecule has 2 N–H and O–H groups in total. The van der Waals surface area contributed by atoms with Gasteiger partial charge in [-0.15, -0.1) is 0 Å². The molecule has 0 bridgehead atoms. The van der Waals surface area contributed by atoms with Crippen molar-refractivity contribution in [3.8, 4) is 0 Å². The normalized spacial score (nSPS) is 10.4. The monoisotopic (exact) mass is 278 g/mol. The molecule has 6 heteroatoms. The molecular weight excluding hydrogens is 266 g/mol. The maximum Gasteiger partial charge on any atom is 0.337 e. The van der Waals surface area contributed by atoms with Gasteiger partial charge in [0.25, 0.3) is 0 Å². The van der Waals surface area contributed by atoms with Crippen LogP contribution in [0.4, 0.5) is 20.2 Å². The van der Waals surface area contributed by atoms with E-state index in [2.05, 4.69) is 10.3 Å². The number of nitrogens with zero attached hydrogens (tertiary/aromatic N) is 1. The molecule has 20 heavy (non-hydrogen) atoms. The summed E-state index contributed by atoms with van der Waals surface area (Å²) in [6, 6.07) is 3.55. The first-order valence-corrected chi connectivity index (χ1v) is 5.81. The molecular formula is C14H12F2N2O2. The highest BCUT2D eigenvalue weighted by molar-refractivity contribution is 5.95. The highest BCUT2D eigenvalue weighted by Crippen LogP contribution is 2.27. The summed E-state index contributed by atoms with van der Waals surface area (Å²) in [6.45, 7) is 3.55. The lowest BCUT2D eigenvalue weighted by Crippen LogP contribution is -2.07. The molecule has 2 rings (SSSR count). The fraction of sp³-hybridized carbons (Fsp3) is 0.143. The fourth-order valence-electron chi connectivity index (χ4n) is 1.81. The van der Waals surface area contributed by atoms with Gasteiger partial charge in [0.05, 0.1) is 23.1 Å². The zero-order valence-electron chi connectivity index (χ0n) is 10.9. The van der Waals surface area contributed by atoms with E-state index >= 15 is 0 Å². The van der Waals surface area contributed by atoms with Gasteiger partial charge in [0.2, 0.25) is 0 Å². The molecule has 0 saturated heterocycles. The number of carbonyl (C=O) groups is 1. The van der Waals surface area contributed by atoms with Crippen LogP contribution in [0.25, 0.3) is 0 Å². The van der Waals surface area contributed by atoms with Crippen molar-refractivity contribution in [2.75, 3.05) is 5.32 Å². The molecule has 4 nitrogen and oxygen atoms in total. The van der Waals surface area contributed by atoms with Crippen LogP contribution in [0.1, 0.15) is 21.6 Å². The van der Waals surface area contributed by atoms with Crippen LogP contribution in [-0.2, 0) is 0 Å². The third kappa shape index (κ3) is 2.59. The predicted octanol–water partition coefficient (Wildman–Crippen LogP) is 3.42. The molecule has 0 aliphatic heterocycles. The molecule has 1 aromatic carbocycles. The largest absolute Gasteiger partial charge is 0.478 e. The van der Waals surface area contributed by atoms with Crippen molar-refractivity contribution in [1.29, 1.82) is 0 Å². The number of hydrogen-bond donors (Lipinski definition) is 2. The van der Waals surface area contributed by atoms with E-state index in [-0.39, 0.29) is 5.56 Å². The van der Waals surface area contributed by atoms with E-state index in [0.29, 0.717) is 5.69 Å². The zero-order chi connectivity index (χ0) is 14.9. The highest BCUT2D eigenvalue weighted by Gasteiger charge is 2.19. The van der Waals surface area contributed by atoms with Gasteiger partial charge in [0.15, 0.2) is 11.6 Å². The Labute approximate surface area is 114 Å². The number of halogens is 2. The molecule has 0 fully saturated rings. The van der Waals surface area contributed by atoms with Gasteiger partial charge in [-0.1, -0.05) is 0 Å². The van der Waals surface area contributed by atoms with Gasteiger partial charge in [-0.25, -0.2) is 13.6 Å². The Morgan fingerprint density at radius 3 is 2.60 bits per heavy atom. The molecule has 2 aromatic rings. The lowest BCUT2D eigenvalue weighted by molar-refractivity contribution is 0.0697. The first-order chi connectivity index (χ1) is 9.40. The van der Waals surface area contributed by atoms with Gasteiger partial charge in [0, 0.05) is 5.69 Å². The number of hydrogen-bond acceptors (Lipinski definition) is 3. The van der Waals surface area contributed by atoms with E-state index in [1.165, 1.54) is 6.20 Å². The standard InChI is InChI=1S/C14H12F2N2O2/c1-7-5-8(2)17-6-11(7)18-13-9(14(19)20)3-4-10(15)12(13)16/h3-6,18H,1-2H3,(H,19,20). The van der Waals surface area contributed by atoms with E-state index in [0.717, 1.165) is 23.4 Å². The van der Waals surface area contributed by atoms with E-state index < -0.39 is 23.3 Å². The number of pyridine rings is 1. The predicted molar refractivity (Wildman–Crippen MR) is 70.3 cm³/mol. The third-order valence-electron chi connectivity index (χ3n) is 2.83. The second kappa shape index (κ2) is 5.24. The zero-order valence-corrected chi connectivity index (χ0v) is 10.9. The summed E-state index contributed by atoms with van der Waals surface area (Å²) in [5.74, 6) is -3.69. The van der Waals surface area contributed by atoms with Crippen molar-refractivity contribution < 1.29 is 18.7 Å². The quantitative estimate of drug-likeness (QED) is 0.903. The maximum absolute atomic E-state index is 13.8. The van der Waals surface area contributed by atoms with Crippen LogP contribution in [0.15, 0.2) is 24.4 Å². The Balaban J connectivity index is 2.52. The third-order valence-corrected chi connectivity index (χ3v) is 2.83. The minimum atomic E-state index is -1.34. The summed E-state index contributed by atoms with van der Waals surface area (Å²) < 4.78 is 27.1. The molecule has 0 saturated carbocycles. The minimum Gasteiger partial charge on any atom is -0.478 e. The number of carboxylic acid groups (broad SMARTS) is 1. The smallest absolute Gasteiger partial charge is 0.337 e. The topological polar surface area (TPSA) is 62.2 Å². The summed E-state index contributed by atoms with van der Waals surface area (Å²) in [6.07, 6.45) is 1.45. The number of benzene rings is 1. The van der Waals surface area contributed by atoms with Crippen molar-refractivity contribution in [2.24, 2.45) is 0 Å². The van der Waals surface area contributed by atoms with Crippen molar-refractivity contribution in [1.82, 2.24) is 4.98 Å². The lowest BCUT2D eigenvalue weighted by Gasteiger charge is -2.13. The fourth-order valence-corrected chi connectivity index (χ4v) is 1.81. The number of nitrogens with one attached hydrogen (secondary N) is 1. The molecule has 0 atom stereocenters. The number of carboxylic acids is 1. The Hall–Kier alpha value is -2.50. The van der Waals surface area contributed by atoms with Crippen molar-refractivity contribution in [3.05, 3.63) is 52.9 Å². The highest BCUT2D eigenvalue weighted by atomic mass is 19.2. The summed E-state index contributed by atoms with van der Waals surface area (Å²) in [4.78, 5) is 15.1.